The van der Waals surface area contributed by atoms with Crippen molar-refractivity contribution in [2.24, 2.45) is 10.2 Å². The molecule has 0 aliphatic carbocycles. The molecule has 0 atom stereocenters. The van der Waals surface area contributed by atoms with Gasteiger partial charge in [0.2, 0.25) is 0 Å². The van der Waals surface area contributed by atoms with Crippen LogP contribution in [0.2, 0.25) is 5.02 Å². The van der Waals surface area contributed by atoms with Gasteiger partial charge in [-0.2, -0.15) is 0 Å². The maximum atomic E-state index is 11.3. The van der Waals surface area contributed by atoms with Crippen LogP contribution in [0.5, 0.6) is 5.75 Å². The van der Waals surface area contributed by atoms with Gasteiger partial charge >= 0.3 is 5.97 Å². The van der Waals surface area contributed by atoms with Crippen LogP contribution in [0.1, 0.15) is 10.5 Å². The summed E-state index contributed by atoms with van der Waals surface area (Å²) in [6, 6.07) is 9.55. The zero-order chi connectivity index (χ0) is 15.7. The van der Waals surface area contributed by atoms with Crippen LogP contribution in [-0.2, 0) is 0 Å². The Morgan fingerprint density at radius 2 is 1.91 bits per heavy atom. The first kappa shape index (κ1) is 14.0. The highest BCUT2D eigenvalue weighted by Gasteiger charge is 2.19. The van der Waals surface area contributed by atoms with Crippen LogP contribution in [0.4, 0.5) is 11.5 Å². The molecule has 2 aromatic heterocycles. The van der Waals surface area contributed by atoms with Crippen LogP contribution in [0.25, 0.3) is 5.65 Å². The van der Waals surface area contributed by atoms with Crippen LogP contribution in [0.15, 0.2) is 52.8 Å². The zero-order valence-corrected chi connectivity index (χ0v) is 11.8. The second kappa shape index (κ2) is 5.45. The van der Waals surface area contributed by atoms with Crippen LogP contribution < -0.4 is 0 Å². The van der Waals surface area contributed by atoms with Gasteiger partial charge in [0, 0.05) is 11.2 Å². The predicted octanol–water partition coefficient (Wildman–Crippen LogP) is 3.81. The molecule has 110 valence electrons. The fourth-order valence-corrected chi connectivity index (χ4v) is 2.02. The van der Waals surface area contributed by atoms with E-state index in [4.69, 9.17) is 11.6 Å². The first-order valence-corrected chi connectivity index (χ1v) is 6.54. The molecule has 8 heteroatoms. The molecule has 0 amide bonds. The van der Waals surface area contributed by atoms with Gasteiger partial charge in [0.15, 0.2) is 22.9 Å². The van der Waals surface area contributed by atoms with Crippen LogP contribution in [-0.4, -0.2) is 25.6 Å². The maximum absolute atomic E-state index is 11.3. The molecular weight excluding hydrogens is 308 g/mol. The lowest BCUT2D eigenvalue weighted by molar-refractivity contribution is 0.0692. The normalized spacial score (nSPS) is 11.3. The van der Waals surface area contributed by atoms with E-state index in [1.165, 1.54) is 10.5 Å². The van der Waals surface area contributed by atoms with Gasteiger partial charge in [-0.15, -0.1) is 10.2 Å². The van der Waals surface area contributed by atoms with E-state index in [1.807, 2.05) is 0 Å². The number of hydrogen-bond acceptors (Lipinski definition) is 5. The van der Waals surface area contributed by atoms with E-state index in [-0.39, 0.29) is 22.9 Å². The Labute approximate surface area is 129 Å². The molecule has 0 spiro atoms. The number of rotatable bonds is 3. The summed E-state index contributed by atoms with van der Waals surface area (Å²) in [5.74, 6) is -1.38. The standard InChI is InChI=1S/C14H9ClN4O3/c15-8-3-5-9(6-4-8)17-18-13-11(14(21)22)16-12-10(20)2-1-7-19(12)13/h1-7,20H,(H,21,22). The molecule has 0 saturated heterocycles. The Morgan fingerprint density at radius 1 is 1.18 bits per heavy atom. The zero-order valence-electron chi connectivity index (χ0n) is 11.0. The second-order valence-corrected chi connectivity index (χ2v) is 4.79. The van der Waals surface area contributed by atoms with Crippen molar-refractivity contribution < 1.29 is 15.0 Å². The van der Waals surface area contributed by atoms with Crippen molar-refractivity contribution in [2.75, 3.05) is 0 Å². The molecule has 0 saturated carbocycles. The summed E-state index contributed by atoms with van der Waals surface area (Å²) in [5, 5.41) is 27.4. The lowest BCUT2D eigenvalue weighted by atomic mass is 10.3. The number of azo groups is 1. The van der Waals surface area contributed by atoms with Crippen LogP contribution >= 0.6 is 11.6 Å². The number of carboxylic acids is 1. The Balaban J connectivity index is 2.12. The Morgan fingerprint density at radius 3 is 2.59 bits per heavy atom. The van der Waals surface area contributed by atoms with Crippen LogP contribution in [0.3, 0.4) is 0 Å². The SMILES string of the molecule is O=C(O)c1nc2c(O)cccn2c1N=Nc1ccc(Cl)cc1. The van der Waals surface area contributed by atoms with Gasteiger partial charge in [0.25, 0.3) is 0 Å². The van der Waals surface area contributed by atoms with Crippen molar-refractivity contribution in [1.29, 1.82) is 0 Å². The highest BCUT2D eigenvalue weighted by Crippen LogP contribution is 2.28. The monoisotopic (exact) mass is 316 g/mol. The molecule has 3 rings (SSSR count). The van der Waals surface area contributed by atoms with Crippen molar-refractivity contribution in [3.63, 3.8) is 0 Å². The van der Waals surface area contributed by atoms with Crippen molar-refractivity contribution in [2.45, 2.75) is 0 Å². The average molecular weight is 317 g/mol. The number of aromatic carboxylic acids is 1. The van der Waals surface area contributed by atoms with E-state index in [1.54, 1.807) is 36.5 Å². The molecule has 0 bridgehead atoms. The van der Waals surface area contributed by atoms with E-state index in [0.29, 0.717) is 10.7 Å². The first-order chi connectivity index (χ1) is 10.6. The number of pyridine rings is 1. The molecule has 7 nitrogen and oxygen atoms in total. The summed E-state index contributed by atoms with van der Waals surface area (Å²) in [6.45, 7) is 0. The Bertz CT molecular complexity index is 887. The minimum absolute atomic E-state index is 0.0216. The second-order valence-electron chi connectivity index (χ2n) is 4.35. The topological polar surface area (TPSA) is 99.5 Å². The van der Waals surface area contributed by atoms with E-state index >= 15 is 0 Å². The minimum atomic E-state index is -1.26. The third kappa shape index (κ3) is 2.49. The van der Waals surface area contributed by atoms with Crippen LogP contribution in [0, 0.1) is 0 Å². The number of benzene rings is 1. The predicted molar refractivity (Wildman–Crippen MR) is 79.4 cm³/mol. The molecule has 0 aliphatic rings. The summed E-state index contributed by atoms with van der Waals surface area (Å²) in [5.41, 5.74) is 0.319. The number of aromatic hydroxyl groups is 1. The molecule has 1 aromatic carbocycles. The highest BCUT2D eigenvalue weighted by molar-refractivity contribution is 6.30. The Kier molecular flexibility index (Phi) is 3.48. The molecule has 0 radical (unpaired) electrons. The minimum Gasteiger partial charge on any atom is -0.504 e. The number of aromatic nitrogens is 2. The number of halogens is 1. The van der Waals surface area contributed by atoms with E-state index in [2.05, 4.69) is 15.2 Å². The summed E-state index contributed by atoms with van der Waals surface area (Å²) in [4.78, 5) is 15.2. The van der Waals surface area contributed by atoms with Gasteiger partial charge in [0.05, 0.1) is 5.69 Å². The van der Waals surface area contributed by atoms with E-state index in [0.717, 1.165) is 0 Å². The van der Waals surface area contributed by atoms with Crippen molar-refractivity contribution in [1.82, 2.24) is 9.38 Å². The summed E-state index contributed by atoms with van der Waals surface area (Å²) in [6.07, 6.45) is 1.55. The van der Waals surface area contributed by atoms with Gasteiger partial charge in [-0.05, 0) is 36.4 Å². The van der Waals surface area contributed by atoms with Crippen molar-refractivity contribution in [3.05, 3.63) is 53.3 Å². The van der Waals surface area contributed by atoms with E-state index < -0.39 is 5.97 Å². The number of hydrogen-bond donors (Lipinski definition) is 2. The highest BCUT2D eigenvalue weighted by atomic mass is 35.5. The quantitative estimate of drug-likeness (QED) is 0.717. The van der Waals surface area contributed by atoms with Gasteiger partial charge in [0.1, 0.15) is 0 Å². The molecule has 0 unspecified atom stereocenters. The largest absolute Gasteiger partial charge is 0.504 e. The first-order valence-electron chi connectivity index (χ1n) is 6.17. The lowest BCUT2D eigenvalue weighted by Crippen LogP contribution is -1.96. The lowest BCUT2D eigenvalue weighted by Gasteiger charge is -1.97. The molecule has 0 fully saturated rings. The number of fused-ring (bicyclic) bond motifs is 1. The van der Waals surface area contributed by atoms with Crippen molar-refractivity contribution >= 4 is 34.7 Å². The molecule has 2 heterocycles. The molecule has 2 N–H and O–H groups in total. The molecular formula is C14H9ClN4O3. The fraction of sp³-hybridized carbons (Fsp3) is 0. The third-order valence-corrected chi connectivity index (χ3v) is 3.15. The number of nitrogens with zero attached hydrogens (tertiary/aromatic N) is 4. The Hall–Kier alpha value is -2.93. The fourth-order valence-electron chi connectivity index (χ4n) is 1.89. The smallest absolute Gasteiger partial charge is 0.358 e. The molecule has 0 aliphatic heterocycles. The number of carbonyl (C=O) groups is 1. The summed E-state index contributed by atoms with van der Waals surface area (Å²) >= 11 is 5.78. The summed E-state index contributed by atoms with van der Waals surface area (Å²) in [7, 11) is 0. The van der Waals surface area contributed by atoms with Gasteiger partial charge < -0.3 is 10.2 Å². The number of carboxylic acid groups (broad SMARTS) is 1. The third-order valence-electron chi connectivity index (χ3n) is 2.89. The van der Waals surface area contributed by atoms with Gasteiger partial charge in [-0.25, -0.2) is 9.78 Å². The summed E-state index contributed by atoms with van der Waals surface area (Å²) < 4.78 is 1.36. The average Bonchev–Trinajstić information content (AvgIpc) is 2.87. The molecule has 3 aromatic rings. The van der Waals surface area contributed by atoms with Crippen molar-refractivity contribution in [3.8, 4) is 5.75 Å². The van der Waals surface area contributed by atoms with Gasteiger partial charge in [-0.1, -0.05) is 11.6 Å². The van der Waals surface area contributed by atoms with E-state index in [9.17, 15) is 15.0 Å². The number of imidazole rings is 1. The maximum Gasteiger partial charge on any atom is 0.358 e. The molecule has 22 heavy (non-hydrogen) atoms. The van der Waals surface area contributed by atoms with Gasteiger partial charge in [-0.3, -0.25) is 4.40 Å².